The Kier molecular flexibility index (Phi) is 4.71. The van der Waals surface area contributed by atoms with Crippen molar-refractivity contribution in [1.82, 2.24) is 10.5 Å². The van der Waals surface area contributed by atoms with Crippen molar-refractivity contribution in [2.45, 2.75) is 32.7 Å². The predicted octanol–water partition coefficient (Wildman–Crippen LogP) is 4.09. The van der Waals surface area contributed by atoms with Crippen molar-refractivity contribution in [3.05, 3.63) is 46.4 Å². The Morgan fingerprint density at radius 1 is 1.36 bits per heavy atom. The lowest BCUT2D eigenvalue weighted by Gasteiger charge is -2.12. The first kappa shape index (κ1) is 16.3. The van der Waals surface area contributed by atoms with Gasteiger partial charge in [0.25, 0.3) is 0 Å². The van der Waals surface area contributed by atoms with E-state index in [0.717, 1.165) is 0 Å². The Morgan fingerprint density at radius 2 is 2.09 bits per heavy atom. The summed E-state index contributed by atoms with van der Waals surface area (Å²) >= 11 is 5.68. The maximum atomic E-state index is 13.0. The van der Waals surface area contributed by atoms with Crippen LogP contribution in [0.2, 0.25) is 5.02 Å². The van der Waals surface area contributed by atoms with Crippen molar-refractivity contribution in [3.63, 3.8) is 0 Å². The van der Waals surface area contributed by atoms with Gasteiger partial charge in [0, 0.05) is 18.0 Å². The number of rotatable bonds is 3. The van der Waals surface area contributed by atoms with Gasteiger partial charge in [-0.25, -0.2) is 9.18 Å². The van der Waals surface area contributed by atoms with Gasteiger partial charge >= 0.3 is 6.03 Å². The van der Waals surface area contributed by atoms with Crippen molar-refractivity contribution in [1.29, 1.82) is 0 Å². The summed E-state index contributed by atoms with van der Waals surface area (Å²) in [5.74, 6) is 0.514. The largest absolute Gasteiger partial charge is 0.359 e. The van der Waals surface area contributed by atoms with Gasteiger partial charge in [0.05, 0.1) is 5.02 Å². The van der Waals surface area contributed by atoms with Crippen LogP contribution in [0.4, 0.5) is 15.0 Å². The first-order valence-electron chi connectivity index (χ1n) is 6.71. The summed E-state index contributed by atoms with van der Waals surface area (Å²) in [6.45, 7) is 6.16. The molecule has 118 valence electrons. The van der Waals surface area contributed by atoms with E-state index in [-0.39, 0.29) is 17.0 Å². The number of hydrogen-bond donors (Lipinski definition) is 2. The van der Waals surface area contributed by atoms with E-state index >= 15 is 0 Å². The zero-order chi connectivity index (χ0) is 16.3. The van der Waals surface area contributed by atoms with Crippen LogP contribution in [0.3, 0.4) is 0 Å². The molecule has 0 saturated heterocycles. The van der Waals surface area contributed by atoms with Crippen molar-refractivity contribution < 1.29 is 13.7 Å². The minimum atomic E-state index is -0.493. The SMILES string of the molecule is CC(C)(C)c1cc(NC(=O)NCc2ccc(F)c(Cl)c2)no1. The van der Waals surface area contributed by atoms with Crippen LogP contribution in [-0.4, -0.2) is 11.2 Å². The molecule has 1 heterocycles. The van der Waals surface area contributed by atoms with Gasteiger partial charge < -0.3 is 9.84 Å². The number of hydrogen-bond acceptors (Lipinski definition) is 3. The van der Waals surface area contributed by atoms with Gasteiger partial charge in [-0.1, -0.05) is 43.6 Å². The summed E-state index contributed by atoms with van der Waals surface area (Å²) in [7, 11) is 0. The highest BCUT2D eigenvalue weighted by Crippen LogP contribution is 2.24. The molecule has 5 nitrogen and oxygen atoms in total. The van der Waals surface area contributed by atoms with Crippen LogP contribution in [0.1, 0.15) is 32.1 Å². The molecule has 0 spiro atoms. The van der Waals surface area contributed by atoms with E-state index in [4.69, 9.17) is 16.1 Å². The lowest BCUT2D eigenvalue weighted by Crippen LogP contribution is -2.28. The molecule has 22 heavy (non-hydrogen) atoms. The molecule has 2 N–H and O–H groups in total. The van der Waals surface area contributed by atoms with Gasteiger partial charge in [-0.15, -0.1) is 0 Å². The molecule has 0 fully saturated rings. The van der Waals surface area contributed by atoms with Crippen LogP contribution in [0.25, 0.3) is 0 Å². The van der Waals surface area contributed by atoms with Crippen LogP contribution in [-0.2, 0) is 12.0 Å². The smallest absolute Gasteiger partial charge is 0.320 e. The van der Waals surface area contributed by atoms with Crippen molar-refractivity contribution in [3.8, 4) is 0 Å². The third-order valence-corrected chi connectivity index (χ3v) is 3.22. The predicted molar refractivity (Wildman–Crippen MR) is 82.5 cm³/mol. The molecule has 0 aliphatic heterocycles. The van der Waals surface area contributed by atoms with E-state index < -0.39 is 11.8 Å². The minimum absolute atomic E-state index is 0.0195. The van der Waals surface area contributed by atoms with Gasteiger partial charge in [-0.2, -0.15) is 0 Å². The highest BCUT2D eigenvalue weighted by Gasteiger charge is 2.20. The summed E-state index contributed by atoms with van der Waals surface area (Å²) in [5.41, 5.74) is 0.506. The molecule has 0 aliphatic rings. The lowest BCUT2D eigenvalue weighted by molar-refractivity contribution is 0.251. The number of aromatic nitrogens is 1. The first-order valence-corrected chi connectivity index (χ1v) is 7.09. The third-order valence-electron chi connectivity index (χ3n) is 2.93. The number of halogens is 2. The quantitative estimate of drug-likeness (QED) is 0.893. The fourth-order valence-corrected chi connectivity index (χ4v) is 1.88. The molecule has 0 bridgehead atoms. The van der Waals surface area contributed by atoms with Crippen LogP contribution < -0.4 is 10.6 Å². The standard InChI is InChI=1S/C15H17ClFN3O2/c1-15(2,3)12-7-13(20-22-12)19-14(21)18-8-9-4-5-11(17)10(16)6-9/h4-7H,8H2,1-3H3,(H2,18,19,20,21). The summed E-state index contributed by atoms with van der Waals surface area (Å²) in [6, 6.07) is 5.51. The molecule has 2 rings (SSSR count). The Balaban J connectivity index is 1.90. The number of urea groups is 1. The maximum absolute atomic E-state index is 13.0. The Labute approximate surface area is 132 Å². The monoisotopic (exact) mass is 325 g/mol. The molecule has 1 aromatic carbocycles. The minimum Gasteiger partial charge on any atom is -0.359 e. The number of amides is 2. The normalized spacial score (nSPS) is 11.3. The van der Waals surface area contributed by atoms with E-state index in [2.05, 4.69) is 15.8 Å². The molecule has 0 radical (unpaired) electrons. The molecular weight excluding hydrogens is 309 g/mol. The van der Waals surface area contributed by atoms with Crippen LogP contribution in [0.5, 0.6) is 0 Å². The average molecular weight is 326 g/mol. The van der Waals surface area contributed by atoms with Gasteiger partial charge in [0.2, 0.25) is 0 Å². The van der Waals surface area contributed by atoms with E-state index in [1.807, 2.05) is 20.8 Å². The van der Waals surface area contributed by atoms with Crippen LogP contribution >= 0.6 is 11.6 Å². The average Bonchev–Trinajstić information content (AvgIpc) is 2.88. The summed E-state index contributed by atoms with van der Waals surface area (Å²) in [5, 5.41) is 9.00. The summed E-state index contributed by atoms with van der Waals surface area (Å²) in [6.07, 6.45) is 0. The second-order valence-corrected chi connectivity index (χ2v) is 6.29. The molecule has 0 saturated carbocycles. The Morgan fingerprint density at radius 3 is 2.68 bits per heavy atom. The molecular formula is C15H17ClFN3O2. The molecule has 2 aromatic rings. The Hall–Kier alpha value is -2.08. The zero-order valence-corrected chi connectivity index (χ0v) is 13.3. The Bertz CT molecular complexity index is 680. The summed E-state index contributed by atoms with van der Waals surface area (Å²) < 4.78 is 18.2. The van der Waals surface area contributed by atoms with E-state index in [1.54, 1.807) is 12.1 Å². The first-order chi connectivity index (χ1) is 10.3. The lowest BCUT2D eigenvalue weighted by atomic mass is 9.93. The third kappa shape index (κ3) is 4.21. The van der Waals surface area contributed by atoms with Gasteiger partial charge in [-0.3, -0.25) is 5.32 Å². The number of carbonyl (C=O) groups excluding carboxylic acids is 1. The van der Waals surface area contributed by atoms with Gasteiger partial charge in [-0.05, 0) is 17.7 Å². The van der Waals surface area contributed by atoms with Crippen molar-refractivity contribution in [2.24, 2.45) is 0 Å². The molecule has 0 atom stereocenters. The van der Waals surface area contributed by atoms with Gasteiger partial charge in [0.1, 0.15) is 11.6 Å². The second kappa shape index (κ2) is 6.36. The zero-order valence-electron chi connectivity index (χ0n) is 12.5. The van der Waals surface area contributed by atoms with E-state index in [1.165, 1.54) is 12.1 Å². The molecule has 0 aliphatic carbocycles. The molecule has 2 amide bonds. The number of nitrogens with one attached hydrogen (secondary N) is 2. The molecule has 0 unspecified atom stereocenters. The van der Waals surface area contributed by atoms with Crippen molar-refractivity contribution in [2.75, 3.05) is 5.32 Å². The summed E-state index contributed by atoms with van der Waals surface area (Å²) in [4.78, 5) is 11.8. The topological polar surface area (TPSA) is 67.2 Å². The highest BCUT2D eigenvalue weighted by atomic mass is 35.5. The van der Waals surface area contributed by atoms with Crippen molar-refractivity contribution >= 4 is 23.4 Å². The number of nitrogens with zero attached hydrogens (tertiary/aromatic N) is 1. The number of carbonyl (C=O) groups is 1. The fourth-order valence-electron chi connectivity index (χ4n) is 1.68. The van der Waals surface area contributed by atoms with Gasteiger partial charge in [0.15, 0.2) is 5.82 Å². The number of anilines is 1. The second-order valence-electron chi connectivity index (χ2n) is 5.88. The highest BCUT2D eigenvalue weighted by molar-refractivity contribution is 6.30. The molecule has 1 aromatic heterocycles. The van der Waals surface area contributed by atoms with Crippen LogP contribution in [0.15, 0.2) is 28.8 Å². The maximum Gasteiger partial charge on any atom is 0.320 e. The molecule has 7 heteroatoms. The van der Waals surface area contributed by atoms with E-state index in [0.29, 0.717) is 17.1 Å². The fraction of sp³-hybridized carbons (Fsp3) is 0.333. The van der Waals surface area contributed by atoms with E-state index in [9.17, 15) is 9.18 Å². The number of benzene rings is 1. The van der Waals surface area contributed by atoms with Crippen LogP contribution in [0, 0.1) is 5.82 Å².